The van der Waals surface area contributed by atoms with Gasteiger partial charge in [-0.1, -0.05) is 29.8 Å². The molecule has 0 atom stereocenters. The molecule has 0 aromatic heterocycles. The van der Waals surface area contributed by atoms with Gasteiger partial charge < -0.3 is 15.0 Å². The minimum atomic E-state index is -0.296. The second-order valence-corrected chi connectivity index (χ2v) is 7.77. The SMILES string of the molecule is CCOCCCN1C(=O)C(Nc2ccc(N(CC)CC)cc2)=C(c2ccc(C)cc2)C1=O. The molecule has 1 N–H and O–H groups in total. The van der Waals surface area contributed by atoms with E-state index >= 15 is 0 Å². The highest BCUT2D eigenvalue weighted by Crippen LogP contribution is 2.31. The maximum Gasteiger partial charge on any atom is 0.278 e. The number of amides is 2. The first-order chi connectivity index (χ1) is 15.5. The van der Waals surface area contributed by atoms with Gasteiger partial charge in [-0.25, -0.2) is 0 Å². The summed E-state index contributed by atoms with van der Waals surface area (Å²) in [7, 11) is 0. The molecule has 32 heavy (non-hydrogen) atoms. The third-order valence-electron chi connectivity index (χ3n) is 5.65. The van der Waals surface area contributed by atoms with Crippen LogP contribution in [-0.2, 0) is 14.3 Å². The molecule has 170 valence electrons. The highest BCUT2D eigenvalue weighted by molar-refractivity contribution is 6.36. The van der Waals surface area contributed by atoms with E-state index in [-0.39, 0.29) is 11.8 Å². The highest BCUT2D eigenvalue weighted by Gasteiger charge is 2.38. The van der Waals surface area contributed by atoms with Gasteiger partial charge >= 0.3 is 0 Å². The quantitative estimate of drug-likeness (QED) is 0.417. The number of carbonyl (C=O) groups excluding carboxylic acids is 2. The summed E-state index contributed by atoms with van der Waals surface area (Å²) >= 11 is 0. The summed E-state index contributed by atoms with van der Waals surface area (Å²) < 4.78 is 5.38. The van der Waals surface area contributed by atoms with Crippen molar-refractivity contribution < 1.29 is 14.3 Å². The zero-order chi connectivity index (χ0) is 23.1. The summed E-state index contributed by atoms with van der Waals surface area (Å²) in [5.74, 6) is -0.562. The fourth-order valence-corrected chi connectivity index (χ4v) is 3.84. The highest BCUT2D eigenvalue weighted by atomic mass is 16.5. The van der Waals surface area contributed by atoms with Crippen LogP contribution in [0.25, 0.3) is 5.57 Å². The lowest BCUT2D eigenvalue weighted by Crippen LogP contribution is -2.34. The Balaban J connectivity index is 1.89. The number of aryl methyl sites for hydroxylation is 1. The average molecular weight is 436 g/mol. The predicted molar refractivity (Wildman–Crippen MR) is 130 cm³/mol. The van der Waals surface area contributed by atoms with Crippen molar-refractivity contribution in [3.63, 3.8) is 0 Å². The summed E-state index contributed by atoms with van der Waals surface area (Å²) in [6, 6.07) is 15.6. The van der Waals surface area contributed by atoms with Crippen molar-refractivity contribution in [1.82, 2.24) is 4.90 Å². The minimum Gasteiger partial charge on any atom is -0.382 e. The van der Waals surface area contributed by atoms with Crippen LogP contribution >= 0.6 is 0 Å². The molecule has 2 aromatic carbocycles. The van der Waals surface area contributed by atoms with Crippen molar-refractivity contribution in [2.75, 3.05) is 43.1 Å². The van der Waals surface area contributed by atoms with E-state index in [0.717, 1.165) is 35.6 Å². The number of rotatable bonds is 11. The molecule has 0 aliphatic carbocycles. The molecule has 6 nitrogen and oxygen atoms in total. The van der Waals surface area contributed by atoms with Crippen LogP contribution < -0.4 is 10.2 Å². The third kappa shape index (κ3) is 5.19. The molecule has 1 aliphatic heterocycles. The molecule has 3 rings (SSSR count). The van der Waals surface area contributed by atoms with E-state index in [1.54, 1.807) is 0 Å². The molecule has 0 unspecified atom stereocenters. The topological polar surface area (TPSA) is 61.9 Å². The second kappa shape index (κ2) is 11.0. The molecule has 2 amide bonds. The van der Waals surface area contributed by atoms with Crippen LogP contribution in [0.3, 0.4) is 0 Å². The van der Waals surface area contributed by atoms with E-state index in [9.17, 15) is 9.59 Å². The molecule has 0 saturated carbocycles. The lowest BCUT2D eigenvalue weighted by Gasteiger charge is -2.21. The van der Waals surface area contributed by atoms with E-state index in [1.165, 1.54) is 4.90 Å². The van der Waals surface area contributed by atoms with E-state index in [2.05, 4.69) is 24.1 Å². The smallest absolute Gasteiger partial charge is 0.278 e. The van der Waals surface area contributed by atoms with Crippen LogP contribution in [0, 0.1) is 6.92 Å². The summed E-state index contributed by atoms with van der Waals surface area (Å²) in [4.78, 5) is 30.1. The van der Waals surface area contributed by atoms with Gasteiger partial charge in [-0.3, -0.25) is 14.5 Å². The number of anilines is 2. The van der Waals surface area contributed by atoms with Gasteiger partial charge in [0.1, 0.15) is 5.70 Å². The van der Waals surface area contributed by atoms with E-state index < -0.39 is 0 Å². The van der Waals surface area contributed by atoms with Gasteiger partial charge in [0.05, 0.1) is 5.57 Å². The Morgan fingerprint density at radius 2 is 1.56 bits per heavy atom. The zero-order valence-electron chi connectivity index (χ0n) is 19.5. The molecular weight excluding hydrogens is 402 g/mol. The van der Waals surface area contributed by atoms with Crippen LogP contribution in [0.2, 0.25) is 0 Å². The first kappa shape index (κ1) is 23.5. The molecule has 0 spiro atoms. The number of hydrogen-bond donors (Lipinski definition) is 1. The summed E-state index contributed by atoms with van der Waals surface area (Å²) in [5.41, 5.74) is 4.48. The Morgan fingerprint density at radius 1 is 0.906 bits per heavy atom. The van der Waals surface area contributed by atoms with Gasteiger partial charge in [-0.05, 0) is 63.9 Å². The molecule has 0 saturated heterocycles. The fourth-order valence-electron chi connectivity index (χ4n) is 3.84. The summed E-state index contributed by atoms with van der Waals surface area (Å²) in [6.07, 6.45) is 0.609. The predicted octanol–water partition coefficient (Wildman–Crippen LogP) is 4.46. The van der Waals surface area contributed by atoms with Crippen molar-refractivity contribution >= 4 is 28.8 Å². The molecule has 1 aliphatic rings. The molecule has 1 heterocycles. The molecule has 6 heteroatoms. The van der Waals surface area contributed by atoms with E-state index in [4.69, 9.17) is 4.74 Å². The van der Waals surface area contributed by atoms with Gasteiger partial charge in [0.15, 0.2) is 0 Å². The Labute approximate surface area is 190 Å². The van der Waals surface area contributed by atoms with Crippen molar-refractivity contribution in [3.05, 3.63) is 65.4 Å². The standard InChI is InChI=1S/C26H33N3O3/c1-5-28(6-2)22-15-13-21(14-16-22)27-24-23(20-11-9-19(4)10-12-20)25(30)29(26(24)31)17-8-18-32-7-3/h9-16,27H,5-8,17-18H2,1-4H3. The van der Waals surface area contributed by atoms with Gasteiger partial charge in [0.2, 0.25) is 0 Å². The molecule has 2 aromatic rings. The number of imide groups is 1. The maximum absolute atomic E-state index is 13.2. The summed E-state index contributed by atoms with van der Waals surface area (Å²) in [5, 5.41) is 3.24. The number of nitrogens with one attached hydrogen (secondary N) is 1. The minimum absolute atomic E-state index is 0.266. The van der Waals surface area contributed by atoms with E-state index in [1.807, 2.05) is 62.4 Å². The number of hydrogen-bond acceptors (Lipinski definition) is 5. The number of ether oxygens (including phenoxy) is 1. The van der Waals surface area contributed by atoms with Crippen LogP contribution in [0.4, 0.5) is 11.4 Å². The van der Waals surface area contributed by atoms with Crippen LogP contribution in [0.15, 0.2) is 54.2 Å². The lowest BCUT2D eigenvalue weighted by atomic mass is 10.0. The number of nitrogens with zero attached hydrogens (tertiary/aromatic N) is 2. The Bertz CT molecular complexity index is 961. The van der Waals surface area contributed by atoms with Gasteiger partial charge in [-0.15, -0.1) is 0 Å². The first-order valence-electron chi connectivity index (χ1n) is 11.4. The van der Waals surface area contributed by atoms with Gasteiger partial charge in [-0.2, -0.15) is 0 Å². The largest absolute Gasteiger partial charge is 0.382 e. The molecule has 0 bridgehead atoms. The summed E-state index contributed by atoms with van der Waals surface area (Å²) in [6.45, 7) is 11.5. The third-order valence-corrected chi connectivity index (χ3v) is 5.65. The number of carbonyl (C=O) groups is 2. The Hall–Kier alpha value is -3.12. The Kier molecular flexibility index (Phi) is 8.06. The van der Waals surface area contributed by atoms with Gasteiger partial charge in [0, 0.05) is 44.2 Å². The molecule has 0 radical (unpaired) electrons. The Morgan fingerprint density at radius 3 is 2.16 bits per heavy atom. The van der Waals surface area contributed by atoms with Crippen LogP contribution in [-0.4, -0.2) is 49.6 Å². The average Bonchev–Trinajstić information content (AvgIpc) is 3.03. The van der Waals surface area contributed by atoms with Crippen molar-refractivity contribution in [3.8, 4) is 0 Å². The maximum atomic E-state index is 13.2. The van der Waals surface area contributed by atoms with Gasteiger partial charge in [0.25, 0.3) is 11.8 Å². The molecule has 0 fully saturated rings. The van der Waals surface area contributed by atoms with Crippen LogP contribution in [0.5, 0.6) is 0 Å². The van der Waals surface area contributed by atoms with Crippen molar-refractivity contribution in [2.24, 2.45) is 0 Å². The molecular formula is C26H33N3O3. The van der Waals surface area contributed by atoms with Crippen molar-refractivity contribution in [1.29, 1.82) is 0 Å². The second-order valence-electron chi connectivity index (χ2n) is 7.77. The fraction of sp³-hybridized carbons (Fsp3) is 0.385. The first-order valence-corrected chi connectivity index (χ1v) is 11.4. The number of benzene rings is 2. The monoisotopic (exact) mass is 435 g/mol. The lowest BCUT2D eigenvalue weighted by molar-refractivity contribution is -0.137. The van der Waals surface area contributed by atoms with Crippen molar-refractivity contribution in [2.45, 2.75) is 34.1 Å². The zero-order valence-corrected chi connectivity index (χ0v) is 19.5. The normalized spacial score (nSPS) is 13.8. The van der Waals surface area contributed by atoms with Crippen LogP contribution in [0.1, 0.15) is 38.3 Å². The van der Waals surface area contributed by atoms with E-state index in [0.29, 0.717) is 37.4 Å².